The van der Waals surface area contributed by atoms with Crippen molar-refractivity contribution in [2.45, 2.75) is 19.9 Å². The van der Waals surface area contributed by atoms with Crippen LogP contribution >= 0.6 is 0 Å². The first kappa shape index (κ1) is 17.5. The second-order valence-electron chi connectivity index (χ2n) is 5.82. The number of carbonyl (C=O) groups excluding carboxylic acids is 1. The Bertz CT molecular complexity index is 900. The van der Waals surface area contributed by atoms with E-state index in [4.69, 9.17) is 0 Å². The van der Waals surface area contributed by atoms with Crippen molar-refractivity contribution in [2.24, 2.45) is 0 Å². The summed E-state index contributed by atoms with van der Waals surface area (Å²) in [7, 11) is 0. The minimum absolute atomic E-state index is 0.106. The van der Waals surface area contributed by atoms with Gasteiger partial charge in [-0.2, -0.15) is 0 Å². The number of halogens is 1. The fraction of sp³-hybridized carbons (Fsp3) is 0.158. The molecule has 0 radical (unpaired) electrons. The number of benzene rings is 1. The molecular formula is C19H18FN5O. The maximum absolute atomic E-state index is 13.1. The zero-order valence-electron chi connectivity index (χ0n) is 14.4. The van der Waals surface area contributed by atoms with Gasteiger partial charge in [0.2, 0.25) is 5.91 Å². The van der Waals surface area contributed by atoms with Crippen LogP contribution in [0.25, 0.3) is 11.4 Å². The van der Waals surface area contributed by atoms with E-state index in [1.165, 1.54) is 19.1 Å². The number of rotatable bonds is 5. The lowest BCUT2D eigenvalue weighted by Crippen LogP contribution is -2.11. The number of nitrogens with zero attached hydrogens (tertiary/aromatic N) is 3. The van der Waals surface area contributed by atoms with Crippen LogP contribution in [-0.4, -0.2) is 20.9 Å². The smallest absolute Gasteiger partial charge is 0.221 e. The average Bonchev–Trinajstić information content (AvgIpc) is 2.62. The van der Waals surface area contributed by atoms with E-state index in [1.807, 2.05) is 6.92 Å². The number of pyridine rings is 1. The van der Waals surface area contributed by atoms with E-state index in [9.17, 15) is 9.18 Å². The summed E-state index contributed by atoms with van der Waals surface area (Å²) in [5.74, 6) is 0.101. The quantitative estimate of drug-likeness (QED) is 0.731. The van der Waals surface area contributed by atoms with E-state index < -0.39 is 0 Å². The Balaban J connectivity index is 1.92. The number of hydrogen-bond acceptors (Lipinski definition) is 5. The number of anilines is 2. The maximum Gasteiger partial charge on any atom is 0.221 e. The number of hydrogen-bond donors (Lipinski definition) is 2. The highest BCUT2D eigenvalue weighted by molar-refractivity contribution is 5.89. The van der Waals surface area contributed by atoms with Crippen molar-refractivity contribution in [1.29, 1.82) is 0 Å². The van der Waals surface area contributed by atoms with Gasteiger partial charge in [-0.05, 0) is 30.7 Å². The molecular weight excluding hydrogens is 333 g/mol. The van der Waals surface area contributed by atoms with Crippen LogP contribution in [0.3, 0.4) is 0 Å². The molecule has 26 heavy (non-hydrogen) atoms. The standard InChI is InChI=1S/C19H18FN5O/c1-12(14-3-5-15(20)6-4-14)23-19-10-16(24-13(2)26)9-17(25-19)18-11-21-7-8-22-18/h3-12H,1-2H3,(H2,23,24,25,26). The Hall–Kier alpha value is -3.35. The van der Waals surface area contributed by atoms with E-state index in [0.717, 1.165) is 5.56 Å². The minimum Gasteiger partial charge on any atom is -0.363 e. The molecule has 0 saturated carbocycles. The van der Waals surface area contributed by atoms with Crippen molar-refractivity contribution in [3.8, 4) is 11.4 Å². The van der Waals surface area contributed by atoms with Gasteiger partial charge in [-0.3, -0.25) is 14.8 Å². The normalized spacial score (nSPS) is 11.7. The van der Waals surface area contributed by atoms with Crippen molar-refractivity contribution >= 4 is 17.4 Å². The fourth-order valence-corrected chi connectivity index (χ4v) is 2.50. The maximum atomic E-state index is 13.1. The molecule has 1 atom stereocenters. The molecule has 0 fully saturated rings. The molecule has 1 amide bonds. The zero-order valence-corrected chi connectivity index (χ0v) is 14.4. The van der Waals surface area contributed by atoms with E-state index in [-0.39, 0.29) is 17.8 Å². The Labute approximate surface area is 150 Å². The molecule has 0 saturated heterocycles. The van der Waals surface area contributed by atoms with Crippen LogP contribution in [0.4, 0.5) is 15.9 Å². The van der Waals surface area contributed by atoms with Crippen LogP contribution in [0.2, 0.25) is 0 Å². The van der Waals surface area contributed by atoms with Crippen LogP contribution < -0.4 is 10.6 Å². The van der Waals surface area contributed by atoms with Gasteiger partial charge in [-0.25, -0.2) is 9.37 Å². The molecule has 0 aliphatic heterocycles. The van der Waals surface area contributed by atoms with E-state index in [1.54, 1.807) is 42.9 Å². The molecule has 3 rings (SSSR count). The lowest BCUT2D eigenvalue weighted by molar-refractivity contribution is -0.114. The fourth-order valence-electron chi connectivity index (χ4n) is 2.50. The first-order chi connectivity index (χ1) is 12.5. The molecule has 132 valence electrons. The van der Waals surface area contributed by atoms with E-state index in [0.29, 0.717) is 22.9 Å². The van der Waals surface area contributed by atoms with Crippen molar-refractivity contribution in [1.82, 2.24) is 15.0 Å². The summed E-state index contributed by atoms with van der Waals surface area (Å²) in [6.07, 6.45) is 4.76. The van der Waals surface area contributed by atoms with Gasteiger partial charge in [0.25, 0.3) is 0 Å². The van der Waals surface area contributed by atoms with Gasteiger partial charge >= 0.3 is 0 Å². The van der Waals surface area contributed by atoms with E-state index >= 15 is 0 Å². The second kappa shape index (κ2) is 7.69. The molecule has 0 aliphatic carbocycles. The number of amides is 1. The Kier molecular flexibility index (Phi) is 5.17. The highest BCUT2D eigenvalue weighted by Gasteiger charge is 2.11. The molecule has 2 heterocycles. The molecule has 2 aromatic heterocycles. The van der Waals surface area contributed by atoms with E-state index in [2.05, 4.69) is 25.6 Å². The third-order valence-electron chi connectivity index (χ3n) is 3.71. The molecule has 0 aliphatic rings. The molecule has 6 nitrogen and oxygen atoms in total. The van der Waals surface area contributed by atoms with Crippen molar-refractivity contribution in [3.05, 3.63) is 66.4 Å². The summed E-state index contributed by atoms with van der Waals surface area (Å²) < 4.78 is 13.1. The Morgan fingerprint density at radius 1 is 1.12 bits per heavy atom. The monoisotopic (exact) mass is 351 g/mol. The van der Waals surface area contributed by atoms with Gasteiger partial charge in [0, 0.05) is 37.1 Å². The van der Waals surface area contributed by atoms with Crippen LogP contribution in [0.5, 0.6) is 0 Å². The minimum atomic E-state index is -0.281. The highest BCUT2D eigenvalue weighted by atomic mass is 19.1. The van der Waals surface area contributed by atoms with Crippen molar-refractivity contribution < 1.29 is 9.18 Å². The van der Waals surface area contributed by atoms with Crippen molar-refractivity contribution in [3.63, 3.8) is 0 Å². The predicted molar refractivity (Wildman–Crippen MR) is 98.0 cm³/mol. The first-order valence-electron chi connectivity index (χ1n) is 8.09. The van der Waals surface area contributed by atoms with Crippen molar-refractivity contribution in [2.75, 3.05) is 10.6 Å². The second-order valence-corrected chi connectivity index (χ2v) is 5.82. The Morgan fingerprint density at radius 2 is 1.88 bits per heavy atom. The van der Waals surface area contributed by atoms with Gasteiger partial charge in [0.1, 0.15) is 17.3 Å². The SMILES string of the molecule is CC(=O)Nc1cc(NC(C)c2ccc(F)cc2)nc(-c2cnccn2)c1. The topological polar surface area (TPSA) is 79.8 Å². The van der Waals surface area contributed by atoms with Gasteiger partial charge < -0.3 is 10.6 Å². The van der Waals surface area contributed by atoms with Crippen LogP contribution in [0, 0.1) is 5.82 Å². The molecule has 1 unspecified atom stereocenters. The lowest BCUT2D eigenvalue weighted by atomic mass is 10.1. The number of nitrogens with one attached hydrogen (secondary N) is 2. The summed E-state index contributed by atoms with van der Waals surface area (Å²) in [6, 6.07) is 9.63. The van der Waals surface area contributed by atoms with Crippen LogP contribution in [0.15, 0.2) is 55.0 Å². The average molecular weight is 351 g/mol. The summed E-state index contributed by atoms with van der Waals surface area (Å²) in [6.45, 7) is 3.39. The zero-order chi connectivity index (χ0) is 18.5. The van der Waals surface area contributed by atoms with Gasteiger partial charge in [-0.15, -0.1) is 0 Å². The lowest BCUT2D eigenvalue weighted by Gasteiger charge is -2.17. The molecule has 2 N–H and O–H groups in total. The largest absolute Gasteiger partial charge is 0.363 e. The third kappa shape index (κ3) is 4.38. The highest BCUT2D eigenvalue weighted by Crippen LogP contribution is 2.25. The summed E-state index contributed by atoms with van der Waals surface area (Å²) in [5.41, 5.74) is 2.69. The summed E-state index contributed by atoms with van der Waals surface area (Å²) in [5, 5.41) is 6.03. The molecule has 0 spiro atoms. The molecule has 3 aromatic rings. The van der Waals surface area contributed by atoms with Crippen LogP contribution in [-0.2, 0) is 4.79 Å². The number of aromatic nitrogens is 3. The molecule has 0 bridgehead atoms. The Morgan fingerprint density at radius 3 is 2.54 bits per heavy atom. The summed E-state index contributed by atoms with van der Waals surface area (Å²) >= 11 is 0. The predicted octanol–water partition coefficient (Wildman–Crippen LogP) is 3.81. The number of carbonyl (C=O) groups is 1. The van der Waals surface area contributed by atoms with Gasteiger partial charge in [0.05, 0.1) is 11.9 Å². The third-order valence-corrected chi connectivity index (χ3v) is 3.71. The first-order valence-corrected chi connectivity index (χ1v) is 8.09. The summed E-state index contributed by atoms with van der Waals surface area (Å²) in [4.78, 5) is 24.3. The van der Waals surface area contributed by atoms with Gasteiger partial charge in [-0.1, -0.05) is 12.1 Å². The molecule has 1 aromatic carbocycles. The van der Waals surface area contributed by atoms with Crippen LogP contribution in [0.1, 0.15) is 25.5 Å². The van der Waals surface area contributed by atoms with Gasteiger partial charge in [0.15, 0.2) is 0 Å². The molecule has 7 heteroatoms.